The Morgan fingerprint density at radius 3 is 2.23 bits per heavy atom. The summed E-state index contributed by atoms with van der Waals surface area (Å²) in [5.41, 5.74) is 2.65. The van der Waals surface area contributed by atoms with E-state index in [1.165, 1.54) is 19.6 Å². The second-order valence-corrected chi connectivity index (χ2v) is 10.4. The highest BCUT2D eigenvalue weighted by molar-refractivity contribution is 5.97. The van der Waals surface area contributed by atoms with Crippen LogP contribution in [0.15, 0.2) is 73.3 Å². The largest absolute Gasteiger partial charge is 0.480 e. The maximum Gasteiger partial charge on any atom is 0.328 e. The van der Waals surface area contributed by atoms with E-state index in [9.17, 15) is 19.8 Å². The van der Waals surface area contributed by atoms with E-state index in [0.717, 1.165) is 11.1 Å². The molecule has 0 radical (unpaired) electrons. The molecule has 226 valence electrons. The van der Waals surface area contributed by atoms with E-state index in [4.69, 9.17) is 14.2 Å². The van der Waals surface area contributed by atoms with Gasteiger partial charge in [0.1, 0.15) is 12.4 Å². The molecule has 13 heteroatoms. The highest BCUT2D eigenvalue weighted by atomic mass is 16.6. The summed E-state index contributed by atoms with van der Waals surface area (Å²) in [6.07, 6.45) is -0.0847. The fraction of sp³-hybridized carbons (Fsp3) is 0.367. The molecule has 0 saturated carbocycles. The lowest BCUT2D eigenvalue weighted by molar-refractivity contribution is -0.226. The van der Waals surface area contributed by atoms with E-state index in [1.54, 1.807) is 4.57 Å². The number of benzene rings is 2. The standard InChI is InChI=1S/C30H34N6O7/c1-18-13-43-28(25(42-15-21-11-7-4-8-12-21)24(18)41-14-20-9-5-3-6-10-20)36-17-33-23-26(31-16-32-27(23)36)35-30(40)34-22(19(2)37)29(38)39/h3-12,16-19,22,24-25,28,37H,13-15H2,1-2H3,(H,38,39)(H2,31,32,34,35,40)/t18-,19-,22+,24+,25?,28-/m1/s1. The van der Waals surface area contributed by atoms with Crippen molar-refractivity contribution in [1.29, 1.82) is 0 Å². The van der Waals surface area contributed by atoms with Crippen LogP contribution < -0.4 is 10.6 Å². The molecule has 43 heavy (non-hydrogen) atoms. The summed E-state index contributed by atoms with van der Waals surface area (Å²) in [7, 11) is 0. The first-order chi connectivity index (χ1) is 20.8. The van der Waals surface area contributed by atoms with Crippen molar-refractivity contribution in [1.82, 2.24) is 24.8 Å². The molecule has 2 amide bonds. The maximum absolute atomic E-state index is 12.6. The van der Waals surface area contributed by atoms with Gasteiger partial charge < -0.3 is 29.7 Å². The summed E-state index contributed by atoms with van der Waals surface area (Å²) in [5.74, 6) is -1.31. The SMILES string of the molecule is C[C@@H]1CO[C@@H](n2cnc3c(NC(=O)N[C@H](C(=O)O)[C@@H](C)O)ncnc32)C(OCc2ccccc2)[C@H]1OCc1ccccc1. The smallest absolute Gasteiger partial charge is 0.328 e. The van der Waals surface area contributed by atoms with Crippen LogP contribution in [0.1, 0.15) is 31.2 Å². The van der Waals surface area contributed by atoms with E-state index < -0.39 is 36.5 Å². The van der Waals surface area contributed by atoms with Crippen molar-refractivity contribution in [3.8, 4) is 0 Å². The number of hydrogen-bond acceptors (Lipinski definition) is 9. The van der Waals surface area contributed by atoms with Gasteiger partial charge in [-0.15, -0.1) is 0 Å². The lowest BCUT2D eigenvalue weighted by Crippen LogP contribution is -2.49. The number of aliphatic hydroxyl groups excluding tert-OH is 1. The second kappa shape index (κ2) is 13.7. The van der Waals surface area contributed by atoms with Crippen LogP contribution in [0.2, 0.25) is 0 Å². The Kier molecular flexibility index (Phi) is 9.57. The molecule has 0 bridgehead atoms. The molecule has 1 aliphatic heterocycles. The molecule has 1 aliphatic rings. The number of hydrogen-bond donors (Lipinski definition) is 4. The monoisotopic (exact) mass is 590 g/mol. The fourth-order valence-electron chi connectivity index (χ4n) is 4.94. The quantitative estimate of drug-likeness (QED) is 0.204. The Labute approximate surface area is 247 Å². The van der Waals surface area contributed by atoms with Gasteiger partial charge in [0.05, 0.1) is 38.4 Å². The molecule has 1 unspecified atom stereocenters. The molecule has 1 fully saturated rings. The maximum atomic E-state index is 12.6. The van der Waals surface area contributed by atoms with Crippen molar-refractivity contribution in [2.24, 2.45) is 5.92 Å². The normalized spacial score (nSPS) is 21.7. The predicted octanol–water partition coefficient (Wildman–Crippen LogP) is 3.12. The topological polar surface area (TPSA) is 170 Å². The van der Waals surface area contributed by atoms with E-state index >= 15 is 0 Å². The van der Waals surface area contributed by atoms with Crippen LogP contribution in [0.5, 0.6) is 0 Å². The first-order valence-electron chi connectivity index (χ1n) is 13.9. The van der Waals surface area contributed by atoms with Gasteiger partial charge in [0.15, 0.2) is 29.3 Å². The van der Waals surface area contributed by atoms with E-state index in [0.29, 0.717) is 25.5 Å². The fourth-order valence-corrected chi connectivity index (χ4v) is 4.94. The van der Waals surface area contributed by atoms with Crippen LogP contribution in [0, 0.1) is 5.92 Å². The number of aliphatic carboxylic acids is 1. The molecule has 2 aromatic carbocycles. The lowest BCUT2D eigenvalue weighted by Gasteiger charge is -2.41. The van der Waals surface area contributed by atoms with Gasteiger partial charge >= 0.3 is 12.0 Å². The number of aliphatic hydroxyl groups is 1. The Morgan fingerprint density at radius 1 is 1.00 bits per heavy atom. The van der Waals surface area contributed by atoms with Gasteiger partial charge in [0.25, 0.3) is 0 Å². The molecule has 1 saturated heterocycles. The third kappa shape index (κ3) is 7.14. The number of carbonyl (C=O) groups is 2. The number of carboxylic acids is 1. The van der Waals surface area contributed by atoms with Crippen LogP contribution >= 0.6 is 0 Å². The number of ether oxygens (including phenoxy) is 3. The number of urea groups is 1. The van der Waals surface area contributed by atoms with Crippen LogP contribution in [-0.4, -0.2) is 72.7 Å². The second-order valence-electron chi connectivity index (χ2n) is 10.4. The molecular weight excluding hydrogens is 556 g/mol. The number of carbonyl (C=O) groups excluding carboxylic acids is 1. The van der Waals surface area contributed by atoms with Crippen molar-refractivity contribution in [3.63, 3.8) is 0 Å². The van der Waals surface area contributed by atoms with Crippen molar-refractivity contribution >= 4 is 29.0 Å². The Bertz CT molecular complexity index is 1520. The minimum absolute atomic E-state index is 0.0159. The Morgan fingerprint density at radius 2 is 1.63 bits per heavy atom. The number of carboxylic acid groups (broad SMARTS) is 1. The number of nitrogens with zero attached hydrogens (tertiary/aromatic N) is 4. The van der Waals surface area contributed by atoms with Crippen molar-refractivity contribution in [2.75, 3.05) is 11.9 Å². The number of aromatic nitrogens is 4. The molecule has 4 aromatic rings. The Balaban J connectivity index is 1.41. The third-order valence-electron chi connectivity index (χ3n) is 7.17. The van der Waals surface area contributed by atoms with Gasteiger partial charge in [0, 0.05) is 5.92 Å². The Hall–Kier alpha value is -4.43. The average molecular weight is 591 g/mol. The highest BCUT2D eigenvalue weighted by Crippen LogP contribution is 2.35. The number of anilines is 1. The number of rotatable bonds is 11. The molecule has 4 N–H and O–H groups in total. The lowest BCUT2D eigenvalue weighted by atomic mass is 9.95. The van der Waals surface area contributed by atoms with Crippen LogP contribution in [0.3, 0.4) is 0 Å². The molecule has 2 aromatic heterocycles. The van der Waals surface area contributed by atoms with Crippen LogP contribution in [0.25, 0.3) is 11.2 Å². The van der Waals surface area contributed by atoms with Gasteiger partial charge in [-0.2, -0.15) is 0 Å². The minimum Gasteiger partial charge on any atom is -0.480 e. The number of nitrogens with one attached hydrogen (secondary N) is 2. The molecular formula is C30H34N6O7. The van der Waals surface area contributed by atoms with Gasteiger partial charge in [-0.1, -0.05) is 67.6 Å². The third-order valence-corrected chi connectivity index (χ3v) is 7.17. The zero-order valence-corrected chi connectivity index (χ0v) is 23.7. The van der Waals surface area contributed by atoms with Gasteiger partial charge in [-0.25, -0.2) is 24.5 Å². The van der Waals surface area contributed by atoms with E-state index in [2.05, 4.69) is 32.5 Å². The average Bonchev–Trinajstić information content (AvgIpc) is 3.44. The number of amides is 2. The highest BCUT2D eigenvalue weighted by Gasteiger charge is 2.42. The summed E-state index contributed by atoms with van der Waals surface area (Å²) in [6.45, 7) is 4.43. The summed E-state index contributed by atoms with van der Waals surface area (Å²) in [4.78, 5) is 36.9. The number of fused-ring (bicyclic) bond motifs is 1. The number of imidazole rings is 1. The molecule has 0 spiro atoms. The van der Waals surface area contributed by atoms with E-state index in [1.807, 2.05) is 60.7 Å². The van der Waals surface area contributed by atoms with Crippen molar-refractivity contribution < 1.29 is 34.0 Å². The summed E-state index contributed by atoms with van der Waals surface area (Å²) >= 11 is 0. The van der Waals surface area contributed by atoms with E-state index in [-0.39, 0.29) is 23.4 Å². The first kappa shape index (κ1) is 30.0. The summed E-state index contributed by atoms with van der Waals surface area (Å²) in [5, 5.41) is 23.7. The molecule has 13 nitrogen and oxygen atoms in total. The molecule has 0 aliphatic carbocycles. The van der Waals surface area contributed by atoms with Crippen molar-refractivity contribution in [2.45, 2.75) is 57.6 Å². The van der Waals surface area contributed by atoms with Crippen LogP contribution in [0.4, 0.5) is 10.6 Å². The van der Waals surface area contributed by atoms with Gasteiger partial charge in [-0.3, -0.25) is 9.88 Å². The van der Waals surface area contributed by atoms with Gasteiger partial charge in [-0.05, 0) is 18.1 Å². The summed E-state index contributed by atoms with van der Waals surface area (Å²) in [6, 6.07) is 17.3. The molecule has 6 atom stereocenters. The molecule has 5 rings (SSSR count). The zero-order chi connectivity index (χ0) is 30.3. The molecule has 3 heterocycles. The van der Waals surface area contributed by atoms with Crippen LogP contribution in [-0.2, 0) is 32.2 Å². The predicted molar refractivity (Wildman–Crippen MR) is 155 cm³/mol. The zero-order valence-electron chi connectivity index (χ0n) is 23.7. The minimum atomic E-state index is -1.51. The van der Waals surface area contributed by atoms with Gasteiger partial charge in [0.2, 0.25) is 0 Å². The summed E-state index contributed by atoms with van der Waals surface area (Å²) < 4.78 is 21.0. The van der Waals surface area contributed by atoms with Crippen molar-refractivity contribution in [3.05, 3.63) is 84.4 Å². The first-order valence-corrected chi connectivity index (χ1v) is 13.9.